The van der Waals surface area contributed by atoms with Crippen molar-refractivity contribution in [3.8, 4) is 0 Å². The summed E-state index contributed by atoms with van der Waals surface area (Å²) >= 11 is 0. The Morgan fingerprint density at radius 2 is 2.23 bits per heavy atom. The number of carbonyl (C=O) groups is 1. The molecule has 1 amide bonds. The maximum absolute atomic E-state index is 12.8. The largest absolute Gasteiger partial charge is 0.375 e. The van der Waals surface area contributed by atoms with Gasteiger partial charge in [-0.3, -0.25) is 4.79 Å². The second-order valence-electron chi connectivity index (χ2n) is 6.58. The van der Waals surface area contributed by atoms with Crippen LogP contribution in [0.3, 0.4) is 0 Å². The summed E-state index contributed by atoms with van der Waals surface area (Å²) in [5, 5.41) is 0. The Balaban J connectivity index is 1.42. The van der Waals surface area contributed by atoms with Crippen LogP contribution >= 0.6 is 0 Å². The predicted octanol–water partition coefficient (Wildman–Crippen LogP) is 1.91. The van der Waals surface area contributed by atoms with E-state index in [-0.39, 0.29) is 12.0 Å². The molecule has 1 saturated heterocycles. The number of fused-ring (bicyclic) bond motifs is 1. The Labute approximate surface area is 151 Å². The second kappa shape index (κ2) is 7.21. The predicted molar refractivity (Wildman–Crippen MR) is 95.9 cm³/mol. The lowest BCUT2D eigenvalue weighted by molar-refractivity contribution is -0.0248. The SMILES string of the molecule is Cc1ccc2nc(C(=O)N3CCOC(CCc4ccncn4)C3)cn2c1. The van der Waals surface area contributed by atoms with Crippen molar-refractivity contribution in [3.05, 3.63) is 60.1 Å². The molecule has 0 saturated carbocycles. The summed E-state index contributed by atoms with van der Waals surface area (Å²) in [7, 11) is 0. The van der Waals surface area contributed by atoms with Gasteiger partial charge in [0.05, 0.1) is 12.7 Å². The van der Waals surface area contributed by atoms with Gasteiger partial charge in [-0.2, -0.15) is 0 Å². The fourth-order valence-electron chi connectivity index (χ4n) is 3.22. The Kier molecular flexibility index (Phi) is 4.62. The van der Waals surface area contributed by atoms with Gasteiger partial charge in [0, 0.05) is 37.4 Å². The molecule has 1 atom stereocenters. The van der Waals surface area contributed by atoms with Gasteiger partial charge in [-0.1, -0.05) is 6.07 Å². The molecule has 1 aliphatic rings. The third kappa shape index (κ3) is 3.57. The van der Waals surface area contributed by atoms with E-state index in [0.29, 0.717) is 25.4 Å². The number of aromatic nitrogens is 4. The molecule has 0 aliphatic carbocycles. The van der Waals surface area contributed by atoms with Crippen molar-refractivity contribution in [1.82, 2.24) is 24.3 Å². The summed E-state index contributed by atoms with van der Waals surface area (Å²) in [6.07, 6.45) is 8.72. The number of ether oxygens (including phenoxy) is 1. The first kappa shape index (κ1) is 16.7. The average molecular weight is 351 g/mol. The summed E-state index contributed by atoms with van der Waals surface area (Å²) in [5.74, 6) is -0.0401. The van der Waals surface area contributed by atoms with Gasteiger partial charge in [-0.05, 0) is 37.5 Å². The molecule has 26 heavy (non-hydrogen) atoms. The van der Waals surface area contributed by atoms with Crippen molar-refractivity contribution in [3.63, 3.8) is 0 Å². The van der Waals surface area contributed by atoms with Crippen LogP contribution < -0.4 is 0 Å². The minimum atomic E-state index is -0.0401. The monoisotopic (exact) mass is 351 g/mol. The zero-order valence-corrected chi connectivity index (χ0v) is 14.7. The molecule has 4 rings (SSSR count). The van der Waals surface area contributed by atoms with E-state index in [1.165, 1.54) is 0 Å². The Bertz CT molecular complexity index is 909. The normalized spacial score (nSPS) is 17.6. The molecule has 1 fully saturated rings. The Morgan fingerprint density at radius 1 is 1.31 bits per heavy atom. The highest BCUT2D eigenvalue weighted by atomic mass is 16.5. The van der Waals surface area contributed by atoms with Crippen LogP contribution in [0.15, 0.2) is 43.1 Å². The van der Waals surface area contributed by atoms with Crippen LogP contribution in [0.25, 0.3) is 5.65 Å². The third-order valence-electron chi connectivity index (χ3n) is 4.61. The molecule has 0 bridgehead atoms. The van der Waals surface area contributed by atoms with Crippen LogP contribution in [0.1, 0.15) is 28.2 Å². The molecule has 7 nitrogen and oxygen atoms in total. The first-order valence-corrected chi connectivity index (χ1v) is 8.80. The number of hydrogen-bond donors (Lipinski definition) is 0. The van der Waals surface area contributed by atoms with Crippen LogP contribution in [0.2, 0.25) is 0 Å². The van der Waals surface area contributed by atoms with Crippen molar-refractivity contribution >= 4 is 11.6 Å². The van der Waals surface area contributed by atoms with Crippen molar-refractivity contribution in [2.45, 2.75) is 25.9 Å². The highest BCUT2D eigenvalue weighted by molar-refractivity contribution is 5.93. The highest BCUT2D eigenvalue weighted by Crippen LogP contribution is 2.15. The molecule has 7 heteroatoms. The molecular weight excluding hydrogens is 330 g/mol. The van der Waals surface area contributed by atoms with E-state index in [9.17, 15) is 4.79 Å². The minimum Gasteiger partial charge on any atom is -0.375 e. The van der Waals surface area contributed by atoms with Crippen LogP contribution in [0.4, 0.5) is 0 Å². The number of morpholine rings is 1. The maximum Gasteiger partial charge on any atom is 0.274 e. The van der Waals surface area contributed by atoms with Gasteiger partial charge in [0.2, 0.25) is 0 Å². The molecule has 4 heterocycles. The third-order valence-corrected chi connectivity index (χ3v) is 4.61. The number of nitrogens with zero attached hydrogens (tertiary/aromatic N) is 5. The topological polar surface area (TPSA) is 72.6 Å². The van der Waals surface area contributed by atoms with E-state index in [4.69, 9.17) is 4.74 Å². The van der Waals surface area contributed by atoms with E-state index in [1.807, 2.05) is 40.6 Å². The zero-order chi connectivity index (χ0) is 17.9. The summed E-state index contributed by atoms with van der Waals surface area (Å²) in [5.41, 5.74) is 3.38. The van der Waals surface area contributed by atoms with Crippen molar-refractivity contribution < 1.29 is 9.53 Å². The first-order valence-electron chi connectivity index (χ1n) is 8.80. The average Bonchev–Trinajstić information content (AvgIpc) is 3.10. The van der Waals surface area contributed by atoms with Gasteiger partial charge in [0.25, 0.3) is 5.91 Å². The standard InChI is InChI=1S/C19H21N5O2/c1-14-2-5-18-22-17(12-24(18)10-14)19(25)23-8-9-26-16(11-23)4-3-15-6-7-20-13-21-15/h2,5-7,10,12-13,16H,3-4,8-9,11H2,1H3. The fourth-order valence-corrected chi connectivity index (χ4v) is 3.22. The number of imidazole rings is 1. The molecule has 0 aromatic carbocycles. The molecule has 134 valence electrons. The van der Waals surface area contributed by atoms with Gasteiger partial charge in [0.15, 0.2) is 0 Å². The molecule has 3 aromatic heterocycles. The van der Waals surface area contributed by atoms with E-state index in [1.54, 1.807) is 18.7 Å². The maximum atomic E-state index is 12.8. The van der Waals surface area contributed by atoms with Gasteiger partial charge in [0.1, 0.15) is 17.7 Å². The smallest absolute Gasteiger partial charge is 0.274 e. The Morgan fingerprint density at radius 3 is 3.08 bits per heavy atom. The van der Waals surface area contributed by atoms with Crippen molar-refractivity contribution in [1.29, 1.82) is 0 Å². The second-order valence-corrected chi connectivity index (χ2v) is 6.58. The quantitative estimate of drug-likeness (QED) is 0.718. The summed E-state index contributed by atoms with van der Waals surface area (Å²) in [6, 6.07) is 5.83. The van der Waals surface area contributed by atoms with Crippen LogP contribution in [-0.4, -0.2) is 56.0 Å². The van der Waals surface area contributed by atoms with Gasteiger partial charge >= 0.3 is 0 Å². The lowest BCUT2D eigenvalue weighted by atomic mass is 10.1. The molecule has 1 aliphatic heterocycles. The van der Waals surface area contributed by atoms with E-state index >= 15 is 0 Å². The first-order chi connectivity index (χ1) is 12.7. The number of carbonyl (C=O) groups excluding carboxylic acids is 1. The van der Waals surface area contributed by atoms with Gasteiger partial charge < -0.3 is 14.0 Å². The van der Waals surface area contributed by atoms with Crippen molar-refractivity contribution in [2.75, 3.05) is 19.7 Å². The lowest BCUT2D eigenvalue weighted by Gasteiger charge is -2.32. The number of aryl methyl sites for hydroxylation is 2. The molecule has 0 spiro atoms. The summed E-state index contributed by atoms with van der Waals surface area (Å²) in [6.45, 7) is 3.74. The van der Waals surface area contributed by atoms with E-state index < -0.39 is 0 Å². The van der Waals surface area contributed by atoms with Gasteiger partial charge in [-0.25, -0.2) is 15.0 Å². The highest BCUT2D eigenvalue weighted by Gasteiger charge is 2.26. The fraction of sp³-hybridized carbons (Fsp3) is 0.368. The molecular formula is C19H21N5O2. The molecule has 0 N–H and O–H groups in total. The number of rotatable bonds is 4. The number of amides is 1. The summed E-state index contributed by atoms with van der Waals surface area (Å²) < 4.78 is 7.73. The molecule has 3 aromatic rings. The van der Waals surface area contributed by atoms with Crippen LogP contribution in [0, 0.1) is 6.92 Å². The lowest BCUT2D eigenvalue weighted by Crippen LogP contribution is -2.45. The van der Waals surface area contributed by atoms with E-state index in [2.05, 4.69) is 15.0 Å². The zero-order valence-electron chi connectivity index (χ0n) is 14.7. The van der Waals surface area contributed by atoms with Gasteiger partial charge in [-0.15, -0.1) is 0 Å². The number of hydrogen-bond acceptors (Lipinski definition) is 5. The van der Waals surface area contributed by atoms with Crippen molar-refractivity contribution in [2.24, 2.45) is 0 Å². The van der Waals surface area contributed by atoms with Crippen LogP contribution in [-0.2, 0) is 11.2 Å². The van der Waals surface area contributed by atoms with E-state index in [0.717, 1.165) is 29.7 Å². The minimum absolute atomic E-state index is 0.0157. The van der Waals surface area contributed by atoms with Crippen LogP contribution in [0.5, 0.6) is 0 Å². The molecule has 1 unspecified atom stereocenters. The number of pyridine rings is 1. The molecule has 0 radical (unpaired) electrons. The summed E-state index contributed by atoms with van der Waals surface area (Å²) in [4.78, 5) is 27.3. The Hall–Kier alpha value is -2.80.